The highest BCUT2D eigenvalue weighted by Crippen LogP contribution is 2.27. The van der Waals surface area contributed by atoms with E-state index < -0.39 is 4.92 Å². The van der Waals surface area contributed by atoms with E-state index in [-0.39, 0.29) is 17.5 Å². The van der Waals surface area contributed by atoms with E-state index in [0.717, 1.165) is 9.88 Å². The first kappa shape index (κ1) is 12.5. The summed E-state index contributed by atoms with van der Waals surface area (Å²) in [7, 11) is 1.65. The lowest BCUT2D eigenvalue weighted by atomic mass is 10.3. The van der Waals surface area contributed by atoms with Crippen LogP contribution in [0.15, 0.2) is 12.4 Å². The van der Waals surface area contributed by atoms with Crippen molar-refractivity contribution in [3.63, 3.8) is 0 Å². The molecule has 7 nitrogen and oxygen atoms in total. The number of aryl methyl sites for hydroxylation is 2. The van der Waals surface area contributed by atoms with Crippen LogP contribution >= 0.6 is 11.3 Å². The molecule has 0 saturated carbocycles. The highest BCUT2D eigenvalue weighted by Gasteiger charge is 2.21. The molecule has 0 aliphatic carbocycles. The van der Waals surface area contributed by atoms with Gasteiger partial charge in [0.15, 0.2) is 0 Å². The minimum absolute atomic E-state index is 0.0300. The molecule has 0 aromatic carbocycles. The van der Waals surface area contributed by atoms with Crippen LogP contribution in [0.25, 0.3) is 0 Å². The summed E-state index contributed by atoms with van der Waals surface area (Å²) in [5, 5.41) is 18.8. The SMILES string of the molecule is Cc1cnc(C(C)Nc2nn(C)cc2[N+](=O)[O-])s1. The van der Waals surface area contributed by atoms with Crippen molar-refractivity contribution in [1.29, 1.82) is 0 Å². The zero-order chi connectivity index (χ0) is 13.3. The Morgan fingerprint density at radius 3 is 2.89 bits per heavy atom. The third-order valence-corrected chi connectivity index (χ3v) is 3.46. The standard InChI is InChI=1S/C10H13N5O2S/c1-6-4-11-10(18-6)7(2)12-9-8(15(16)17)5-14(3)13-9/h4-5,7H,1-3H3,(H,12,13). The molecule has 8 heteroatoms. The van der Waals surface area contributed by atoms with Gasteiger partial charge in [0.05, 0.1) is 11.0 Å². The minimum atomic E-state index is -0.449. The molecule has 0 bridgehead atoms. The van der Waals surface area contributed by atoms with Crippen molar-refractivity contribution in [2.24, 2.45) is 7.05 Å². The monoisotopic (exact) mass is 267 g/mol. The smallest absolute Gasteiger partial charge is 0.330 e. The summed E-state index contributed by atoms with van der Waals surface area (Å²) < 4.78 is 1.42. The van der Waals surface area contributed by atoms with E-state index in [0.29, 0.717) is 0 Å². The van der Waals surface area contributed by atoms with E-state index in [2.05, 4.69) is 15.4 Å². The molecule has 2 heterocycles. The Balaban J connectivity index is 2.21. The first-order valence-corrected chi connectivity index (χ1v) is 6.16. The number of rotatable bonds is 4. The Labute approximate surface area is 108 Å². The normalized spacial score (nSPS) is 12.4. The second-order valence-corrected chi connectivity index (χ2v) is 5.24. The van der Waals surface area contributed by atoms with E-state index in [1.807, 2.05) is 13.8 Å². The number of hydrogen-bond donors (Lipinski definition) is 1. The Kier molecular flexibility index (Phi) is 3.28. The van der Waals surface area contributed by atoms with Gasteiger partial charge < -0.3 is 5.32 Å². The van der Waals surface area contributed by atoms with E-state index in [1.54, 1.807) is 24.6 Å². The summed E-state index contributed by atoms with van der Waals surface area (Å²) in [4.78, 5) is 15.8. The van der Waals surface area contributed by atoms with Gasteiger partial charge in [0.1, 0.15) is 11.2 Å². The van der Waals surface area contributed by atoms with Crippen molar-refractivity contribution in [2.75, 3.05) is 5.32 Å². The quantitative estimate of drug-likeness (QED) is 0.678. The summed E-state index contributed by atoms with van der Waals surface area (Å²) >= 11 is 1.56. The van der Waals surface area contributed by atoms with E-state index in [9.17, 15) is 10.1 Å². The fourth-order valence-electron chi connectivity index (χ4n) is 1.55. The maximum Gasteiger partial charge on any atom is 0.330 e. The molecule has 0 spiro atoms. The number of thiazole rings is 1. The van der Waals surface area contributed by atoms with Crippen molar-refractivity contribution in [1.82, 2.24) is 14.8 Å². The zero-order valence-corrected chi connectivity index (χ0v) is 11.1. The number of nitro groups is 1. The number of anilines is 1. The van der Waals surface area contributed by atoms with Gasteiger partial charge in [-0.2, -0.15) is 0 Å². The first-order chi connectivity index (χ1) is 8.47. The molecule has 2 rings (SSSR count). The molecule has 0 aliphatic rings. The highest BCUT2D eigenvalue weighted by molar-refractivity contribution is 7.11. The fourth-order valence-corrected chi connectivity index (χ4v) is 2.33. The summed E-state index contributed by atoms with van der Waals surface area (Å²) in [6.45, 7) is 3.87. The lowest BCUT2D eigenvalue weighted by Gasteiger charge is -2.09. The van der Waals surface area contributed by atoms with Crippen LogP contribution in [0.2, 0.25) is 0 Å². The molecule has 1 N–H and O–H groups in total. The van der Waals surface area contributed by atoms with Crippen molar-refractivity contribution >= 4 is 22.8 Å². The van der Waals surface area contributed by atoms with E-state index in [4.69, 9.17) is 0 Å². The second kappa shape index (κ2) is 4.73. The molecular formula is C10H13N5O2S. The number of hydrogen-bond acceptors (Lipinski definition) is 6. The number of nitrogens with one attached hydrogen (secondary N) is 1. The van der Waals surface area contributed by atoms with Crippen LogP contribution in [0.3, 0.4) is 0 Å². The van der Waals surface area contributed by atoms with Gasteiger partial charge in [-0.25, -0.2) is 4.98 Å². The summed E-state index contributed by atoms with van der Waals surface area (Å²) in [6.07, 6.45) is 3.16. The largest absolute Gasteiger partial charge is 0.354 e. The fraction of sp³-hybridized carbons (Fsp3) is 0.400. The van der Waals surface area contributed by atoms with Gasteiger partial charge >= 0.3 is 5.69 Å². The molecule has 1 unspecified atom stereocenters. The van der Waals surface area contributed by atoms with Crippen molar-refractivity contribution in [3.8, 4) is 0 Å². The molecule has 0 saturated heterocycles. The molecule has 0 radical (unpaired) electrons. The van der Waals surface area contributed by atoms with Crippen molar-refractivity contribution in [3.05, 3.63) is 32.4 Å². The summed E-state index contributed by atoms with van der Waals surface area (Å²) in [6, 6.07) is -0.114. The molecule has 2 aromatic rings. The Hall–Kier alpha value is -1.96. The predicted octanol–water partition coefficient (Wildman–Crippen LogP) is 2.27. The van der Waals surface area contributed by atoms with Crippen LogP contribution in [-0.2, 0) is 7.05 Å². The van der Waals surface area contributed by atoms with E-state index >= 15 is 0 Å². The second-order valence-electron chi connectivity index (χ2n) is 3.97. The Bertz CT molecular complexity index is 577. The van der Waals surface area contributed by atoms with Crippen molar-refractivity contribution < 1.29 is 4.92 Å². The molecular weight excluding hydrogens is 254 g/mol. The molecule has 18 heavy (non-hydrogen) atoms. The maximum absolute atomic E-state index is 10.9. The molecule has 0 amide bonds. The average molecular weight is 267 g/mol. The van der Waals surface area contributed by atoms with Crippen LogP contribution in [0.5, 0.6) is 0 Å². The van der Waals surface area contributed by atoms with Gasteiger partial charge in [-0.1, -0.05) is 0 Å². The lowest BCUT2D eigenvalue weighted by molar-refractivity contribution is -0.384. The van der Waals surface area contributed by atoms with Crippen LogP contribution in [-0.4, -0.2) is 19.7 Å². The Morgan fingerprint density at radius 1 is 1.61 bits per heavy atom. The predicted molar refractivity (Wildman–Crippen MR) is 68.8 cm³/mol. The van der Waals surface area contributed by atoms with Crippen LogP contribution in [0, 0.1) is 17.0 Å². The van der Waals surface area contributed by atoms with Gasteiger partial charge in [0, 0.05) is 18.1 Å². The minimum Gasteiger partial charge on any atom is -0.354 e. The van der Waals surface area contributed by atoms with E-state index in [1.165, 1.54) is 10.9 Å². The summed E-state index contributed by atoms with van der Waals surface area (Å²) in [5.41, 5.74) is -0.0300. The number of aromatic nitrogens is 3. The van der Waals surface area contributed by atoms with Gasteiger partial charge in [-0.15, -0.1) is 16.4 Å². The van der Waals surface area contributed by atoms with Gasteiger partial charge in [-0.3, -0.25) is 14.8 Å². The van der Waals surface area contributed by atoms with Gasteiger partial charge in [0.25, 0.3) is 0 Å². The third kappa shape index (κ3) is 2.48. The molecule has 1 atom stereocenters. The molecule has 96 valence electrons. The van der Waals surface area contributed by atoms with Gasteiger partial charge in [-0.05, 0) is 13.8 Å². The topological polar surface area (TPSA) is 85.9 Å². The first-order valence-electron chi connectivity index (χ1n) is 5.34. The average Bonchev–Trinajstić information content (AvgIpc) is 2.85. The maximum atomic E-state index is 10.9. The van der Waals surface area contributed by atoms with Crippen molar-refractivity contribution in [2.45, 2.75) is 19.9 Å². The lowest BCUT2D eigenvalue weighted by Crippen LogP contribution is -2.08. The van der Waals surface area contributed by atoms with Gasteiger partial charge in [0.2, 0.25) is 5.82 Å². The summed E-state index contributed by atoms with van der Waals surface area (Å²) in [5.74, 6) is 0.267. The zero-order valence-electron chi connectivity index (χ0n) is 10.2. The Morgan fingerprint density at radius 2 is 2.33 bits per heavy atom. The van der Waals surface area contributed by atoms with Crippen LogP contribution < -0.4 is 5.32 Å². The van der Waals surface area contributed by atoms with Crippen LogP contribution in [0.1, 0.15) is 22.9 Å². The molecule has 2 aromatic heterocycles. The van der Waals surface area contributed by atoms with Crippen LogP contribution in [0.4, 0.5) is 11.5 Å². The third-order valence-electron chi connectivity index (χ3n) is 2.37. The highest BCUT2D eigenvalue weighted by atomic mass is 32.1. The molecule has 0 fully saturated rings. The molecule has 0 aliphatic heterocycles. The number of nitrogens with zero attached hydrogens (tertiary/aromatic N) is 4.